The molecule has 0 spiro atoms. The Morgan fingerprint density at radius 1 is 0.403 bits per heavy atom. The van der Waals surface area contributed by atoms with Gasteiger partial charge in [-0.3, -0.25) is 0 Å². The van der Waals surface area contributed by atoms with Crippen molar-refractivity contribution in [3.05, 3.63) is 241 Å². The number of fused-ring (bicyclic) bond motifs is 15. The summed E-state index contributed by atoms with van der Waals surface area (Å²) in [6, 6.07) is 82.0. The molecule has 4 aromatic heterocycles. The lowest BCUT2D eigenvalue weighted by atomic mass is 10.0. The van der Waals surface area contributed by atoms with Crippen LogP contribution in [0.3, 0.4) is 0 Å². The molecule has 1 unspecified atom stereocenters. The van der Waals surface area contributed by atoms with Gasteiger partial charge in [0.2, 0.25) is 0 Å². The van der Waals surface area contributed by atoms with Gasteiger partial charge in [0.15, 0.2) is 5.84 Å². The van der Waals surface area contributed by atoms with Crippen molar-refractivity contribution < 1.29 is 0 Å². The molecule has 0 saturated heterocycles. The minimum Gasteiger partial charge on any atom is -0.344 e. The van der Waals surface area contributed by atoms with Crippen molar-refractivity contribution in [3.63, 3.8) is 0 Å². The van der Waals surface area contributed by atoms with Gasteiger partial charge in [-0.25, -0.2) is 9.98 Å². The van der Waals surface area contributed by atoms with Crippen LogP contribution in [-0.2, 0) is 0 Å². The molecular weight excluding hydrogens is 915 g/mol. The lowest BCUT2D eigenvalue weighted by Crippen LogP contribution is -2.34. The molecule has 0 amide bonds. The number of thiophene rings is 2. The van der Waals surface area contributed by atoms with E-state index in [0.717, 1.165) is 55.8 Å². The van der Waals surface area contributed by atoms with Gasteiger partial charge in [0, 0.05) is 79.4 Å². The fourth-order valence-corrected chi connectivity index (χ4v) is 14.0. The zero-order chi connectivity index (χ0) is 47.0. The molecule has 0 fully saturated rings. The zero-order valence-electron chi connectivity index (χ0n) is 38.5. The van der Waals surface area contributed by atoms with Crippen LogP contribution in [-0.4, -0.2) is 20.8 Å². The van der Waals surface area contributed by atoms with Gasteiger partial charge in [0.25, 0.3) is 0 Å². The van der Waals surface area contributed by atoms with E-state index in [0.29, 0.717) is 5.84 Å². The number of amidine groups is 2. The van der Waals surface area contributed by atoms with Gasteiger partial charge in [0.05, 0.1) is 32.5 Å². The van der Waals surface area contributed by atoms with Gasteiger partial charge < -0.3 is 14.5 Å². The van der Waals surface area contributed by atoms with Crippen LogP contribution in [0.5, 0.6) is 0 Å². The second-order valence-electron chi connectivity index (χ2n) is 18.9. The Balaban J connectivity index is 0.990. The molecule has 11 aromatic carbocycles. The highest BCUT2D eigenvalue weighted by atomic mass is 32.1. The maximum atomic E-state index is 5.69. The molecule has 0 aliphatic carbocycles. The predicted molar refractivity (Wildman–Crippen MR) is 308 cm³/mol. The minimum absolute atomic E-state index is 0.433. The number of hydrogen-bond acceptors (Lipinski definition) is 5. The molecule has 5 heterocycles. The van der Waals surface area contributed by atoms with Gasteiger partial charge in [-0.15, -0.1) is 22.7 Å². The van der Waals surface area contributed by atoms with Crippen LogP contribution >= 0.6 is 22.7 Å². The second-order valence-corrected chi connectivity index (χ2v) is 21.0. The Bertz CT molecular complexity index is 4850. The molecule has 0 bridgehead atoms. The van der Waals surface area contributed by atoms with E-state index in [9.17, 15) is 0 Å². The standard InChI is InChI=1S/C65H39N5S2/c1-2-17-43(18-3-1)69-54-23-11-8-20-45(54)52-35-41(28-33-55(52)69)63-66-64(42-27-29-48-46-21-9-12-24-57(46)71-59(48)37-42)68-65(67-63)51-32-31-50-47-22-10-13-25-58(47)72-62(50)61(51)70-56-36-40-16-5-4-15-39(40)34-53(56)49-30-26-38-14-6-7-19-44(38)60(49)70/h1-37,64H,(H,66,67,68). The molecule has 16 rings (SSSR count). The quantitative estimate of drug-likeness (QED) is 0.184. The molecule has 0 saturated carbocycles. The molecule has 1 N–H and O–H groups in total. The van der Waals surface area contributed by atoms with Gasteiger partial charge in [-0.1, -0.05) is 152 Å². The Hall–Kier alpha value is -8.88. The number of para-hydroxylation sites is 2. The van der Waals surface area contributed by atoms with Crippen LogP contribution in [0, 0.1) is 0 Å². The van der Waals surface area contributed by atoms with Crippen LogP contribution in [0.25, 0.3) is 117 Å². The topological polar surface area (TPSA) is 46.6 Å². The Kier molecular flexibility index (Phi) is 8.49. The normalized spacial score (nSPS) is 14.2. The number of aliphatic imine (C=N–C) groups is 2. The van der Waals surface area contributed by atoms with Gasteiger partial charge in [0.1, 0.15) is 12.0 Å². The molecular formula is C65H39N5S2. The van der Waals surface area contributed by atoms with E-state index in [1.807, 2.05) is 22.7 Å². The van der Waals surface area contributed by atoms with Crippen molar-refractivity contribution in [2.45, 2.75) is 6.17 Å². The first-order chi connectivity index (χ1) is 35.7. The molecule has 1 atom stereocenters. The van der Waals surface area contributed by atoms with E-state index >= 15 is 0 Å². The highest BCUT2D eigenvalue weighted by Gasteiger charge is 2.28. The highest BCUT2D eigenvalue weighted by molar-refractivity contribution is 7.26. The van der Waals surface area contributed by atoms with Crippen LogP contribution in [0.15, 0.2) is 234 Å². The summed E-state index contributed by atoms with van der Waals surface area (Å²) in [4.78, 5) is 11.3. The van der Waals surface area contributed by atoms with Crippen molar-refractivity contribution >= 4 is 140 Å². The molecule has 15 aromatic rings. The lowest BCUT2D eigenvalue weighted by molar-refractivity contribution is 0.675. The largest absolute Gasteiger partial charge is 0.344 e. The SMILES string of the molecule is c1ccc(-n2c3ccccc3c3cc(C4=NC(c5ccc6c(c5)sc5ccccc56)NC(c5ccc6c(sc7ccccc76)c5-n5c6cc7ccccc7cc6c6ccc7ccccc7c65)=N4)ccc32)cc1. The van der Waals surface area contributed by atoms with E-state index in [-0.39, 0.29) is 0 Å². The van der Waals surface area contributed by atoms with Crippen LogP contribution in [0.2, 0.25) is 0 Å². The Morgan fingerprint density at radius 2 is 1.04 bits per heavy atom. The number of rotatable bonds is 5. The summed E-state index contributed by atoms with van der Waals surface area (Å²) < 4.78 is 9.90. The molecule has 1 aliphatic heterocycles. The third-order valence-electron chi connectivity index (χ3n) is 14.9. The molecule has 0 radical (unpaired) electrons. The Labute approximate surface area is 420 Å². The number of nitrogens with one attached hydrogen (secondary N) is 1. The Morgan fingerprint density at radius 3 is 1.89 bits per heavy atom. The van der Waals surface area contributed by atoms with E-state index in [2.05, 4.69) is 239 Å². The first-order valence-corrected chi connectivity index (χ1v) is 26.0. The average Bonchev–Trinajstić information content (AvgIpc) is 4.19. The number of aromatic nitrogens is 2. The first-order valence-electron chi connectivity index (χ1n) is 24.4. The summed E-state index contributed by atoms with van der Waals surface area (Å²) >= 11 is 3.69. The fourth-order valence-electron chi connectivity index (χ4n) is 11.6. The molecule has 1 aliphatic rings. The number of nitrogens with zero attached hydrogens (tertiary/aromatic N) is 4. The molecule has 5 nitrogen and oxygen atoms in total. The van der Waals surface area contributed by atoms with E-state index in [1.54, 1.807) is 0 Å². The van der Waals surface area contributed by atoms with E-state index in [4.69, 9.17) is 9.98 Å². The van der Waals surface area contributed by atoms with Crippen molar-refractivity contribution in [3.8, 4) is 11.4 Å². The number of benzene rings is 11. The summed E-state index contributed by atoms with van der Waals surface area (Å²) in [7, 11) is 0. The molecule has 336 valence electrons. The predicted octanol–water partition coefficient (Wildman–Crippen LogP) is 17.4. The monoisotopic (exact) mass is 953 g/mol. The van der Waals surface area contributed by atoms with Crippen LogP contribution in [0.4, 0.5) is 0 Å². The summed E-state index contributed by atoms with van der Waals surface area (Å²) in [6.07, 6.45) is -0.433. The fraction of sp³-hybridized carbons (Fsp3) is 0.0154. The second kappa shape index (κ2) is 15.3. The lowest BCUT2D eigenvalue weighted by Gasteiger charge is -2.26. The van der Waals surface area contributed by atoms with E-state index in [1.165, 1.54) is 83.6 Å². The third-order valence-corrected chi connectivity index (χ3v) is 17.3. The smallest absolute Gasteiger partial charge is 0.159 e. The summed E-state index contributed by atoms with van der Waals surface area (Å²) in [5.74, 6) is 1.46. The zero-order valence-corrected chi connectivity index (χ0v) is 40.2. The third kappa shape index (κ3) is 5.86. The summed E-state index contributed by atoms with van der Waals surface area (Å²) in [6.45, 7) is 0. The van der Waals surface area contributed by atoms with Crippen LogP contribution < -0.4 is 5.32 Å². The average molecular weight is 954 g/mol. The van der Waals surface area contributed by atoms with E-state index < -0.39 is 6.17 Å². The van der Waals surface area contributed by atoms with Crippen molar-refractivity contribution in [1.82, 2.24) is 14.5 Å². The minimum atomic E-state index is -0.433. The van der Waals surface area contributed by atoms with Crippen molar-refractivity contribution in [1.29, 1.82) is 0 Å². The number of hydrogen-bond donors (Lipinski definition) is 1. The summed E-state index contributed by atoms with van der Waals surface area (Å²) in [5.41, 5.74) is 9.93. The van der Waals surface area contributed by atoms with Crippen LogP contribution in [0.1, 0.15) is 22.9 Å². The molecule has 7 heteroatoms. The maximum absolute atomic E-state index is 5.69. The van der Waals surface area contributed by atoms with Gasteiger partial charge in [-0.2, -0.15) is 0 Å². The first kappa shape index (κ1) is 39.9. The maximum Gasteiger partial charge on any atom is 0.159 e. The van der Waals surface area contributed by atoms with Crippen molar-refractivity contribution in [2.75, 3.05) is 0 Å². The summed E-state index contributed by atoms with van der Waals surface area (Å²) in [5, 5.41) is 18.6. The molecule has 72 heavy (non-hydrogen) atoms. The van der Waals surface area contributed by atoms with Crippen molar-refractivity contribution in [2.24, 2.45) is 9.98 Å². The van der Waals surface area contributed by atoms with Gasteiger partial charge >= 0.3 is 0 Å². The highest BCUT2D eigenvalue weighted by Crippen LogP contribution is 2.46. The van der Waals surface area contributed by atoms with Gasteiger partial charge in [-0.05, 0) is 94.5 Å².